The molecule has 2 aromatic heterocycles. The maximum absolute atomic E-state index is 2.43. The summed E-state index contributed by atoms with van der Waals surface area (Å²) in [6.45, 7) is 0. The van der Waals surface area contributed by atoms with Crippen LogP contribution in [-0.2, 0) is 0 Å². The fourth-order valence-electron chi connectivity index (χ4n) is 9.71. The summed E-state index contributed by atoms with van der Waals surface area (Å²) in [5.41, 5.74) is 7.61. The number of hydrogen-bond donors (Lipinski definition) is 0. The first kappa shape index (κ1) is 32.3. The third-order valence-electron chi connectivity index (χ3n) is 12.4. The topological polar surface area (TPSA) is 0 Å². The summed E-state index contributed by atoms with van der Waals surface area (Å²) in [5, 5.41) is 18.2. The molecule has 0 spiro atoms. The van der Waals surface area contributed by atoms with Gasteiger partial charge < -0.3 is 0 Å². The molecule has 0 fully saturated rings. The Bertz CT molecular complexity index is 3800. The van der Waals surface area contributed by atoms with E-state index in [9.17, 15) is 0 Å². The molecule has 13 aromatic rings. The van der Waals surface area contributed by atoms with Crippen LogP contribution in [0.4, 0.5) is 0 Å². The minimum atomic E-state index is 1.25. The molecule has 0 aliphatic heterocycles. The third-order valence-corrected chi connectivity index (χ3v) is 14.7. The van der Waals surface area contributed by atoms with Crippen LogP contribution in [0.3, 0.4) is 0 Å². The van der Waals surface area contributed by atoms with Gasteiger partial charge in [-0.05, 0) is 118 Å². The normalized spacial score (nSPS) is 12.1. The highest BCUT2D eigenvalue weighted by Gasteiger charge is 2.18. The molecule has 0 atom stereocenters. The Morgan fingerprint density at radius 1 is 0.241 bits per heavy atom. The maximum Gasteiger partial charge on any atom is 0.0434 e. The van der Waals surface area contributed by atoms with Gasteiger partial charge in [0.1, 0.15) is 0 Å². The second-order valence-electron chi connectivity index (χ2n) is 15.6. The molecule has 0 bridgehead atoms. The van der Waals surface area contributed by atoms with Crippen molar-refractivity contribution < 1.29 is 0 Å². The molecule has 11 aromatic carbocycles. The van der Waals surface area contributed by atoms with E-state index in [1.54, 1.807) is 0 Å². The van der Waals surface area contributed by atoms with Crippen molar-refractivity contribution in [1.29, 1.82) is 0 Å². The van der Waals surface area contributed by atoms with E-state index in [4.69, 9.17) is 0 Å². The summed E-state index contributed by atoms with van der Waals surface area (Å²) < 4.78 is 5.34. The van der Waals surface area contributed by atoms with Crippen molar-refractivity contribution in [3.63, 3.8) is 0 Å². The lowest BCUT2D eigenvalue weighted by Gasteiger charge is -2.18. The average molecular weight is 769 g/mol. The Kier molecular flexibility index (Phi) is 6.86. The van der Waals surface area contributed by atoms with Crippen LogP contribution in [0.15, 0.2) is 194 Å². The van der Waals surface area contributed by atoms with Crippen LogP contribution in [-0.4, -0.2) is 0 Å². The lowest BCUT2D eigenvalue weighted by molar-refractivity contribution is 1.69. The number of benzene rings is 11. The summed E-state index contributed by atoms with van der Waals surface area (Å²) in [5.74, 6) is 0. The molecule has 0 aliphatic carbocycles. The third kappa shape index (κ3) is 4.74. The summed E-state index contributed by atoms with van der Waals surface area (Å²) in [6.07, 6.45) is 0. The van der Waals surface area contributed by atoms with E-state index in [2.05, 4.69) is 194 Å². The summed E-state index contributed by atoms with van der Waals surface area (Å²) in [7, 11) is 0. The van der Waals surface area contributed by atoms with Crippen LogP contribution in [0.5, 0.6) is 0 Å². The summed E-state index contributed by atoms with van der Waals surface area (Å²) >= 11 is 3.81. The Balaban J connectivity index is 0.957. The minimum Gasteiger partial charge on any atom is -0.135 e. The summed E-state index contributed by atoms with van der Waals surface area (Å²) in [4.78, 5) is 0. The molecule has 0 unspecified atom stereocenters. The van der Waals surface area contributed by atoms with Gasteiger partial charge in [0, 0.05) is 45.7 Å². The van der Waals surface area contributed by atoms with Crippen molar-refractivity contribution in [3.05, 3.63) is 194 Å². The van der Waals surface area contributed by atoms with E-state index >= 15 is 0 Å². The molecule has 2 heteroatoms. The van der Waals surface area contributed by atoms with Gasteiger partial charge in [0.05, 0.1) is 0 Å². The van der Waals surface area contributed by atoms with Crippen LogP contribution in [0.2, 0.25) is 0 Å². The van der Waals surface area contributed by atoms with Crippen molar-refractivity contribution in [2.45, 2.75) is 0 Å². The van der Waals surface area contributed by atoms with Crippen molar-refractivity contribution in [3.8, 4) is 33.4 Å². The van der Waals surface area contributed by atoms with Gasteiger partial charge in [-0.3, -0.25) is 0 Å². The van der Waals surface area contributed by atoms with Crippen molar-refractivity contribution in [2.75, 3.05) is 0 Å². The maximum atomic E-state index is 2.43. The second kappa shape index (κ2) is 12.3. The highest BCUT2D eigenvalue weighted by molar-refractivity contribution is 7.27. The zero-order valence-corrected chi connectivity index (χ0v) is 32.9. The molecule has 268 valence electrons. The van der Waals surface area contributed by atoms with Crippen molar-refractivity contribution in [1.82, 2.24) is 0 Å². The highest BCUT2D eigenvalue weighted by atomic mass is 32.1. The van der Waals surface area contributed by atoms with Crippen LogP contribution >= 0.6 is 22.7 Å². The van der Waals surface area contributed by atoms with Gasteiger partial charge >= 0.3 is 0 Å². The number of thiophene rings is 2. The molecule has 0 amide bonds. The van der Waals surface area contributed by atoms with E-state index in [0.29, 0.717) is 0 Å². The first-order chi connectivity index (χ1) is 28.7. The standard InChI is InChI=1S/C56H32S2/c1-2-11-36-29-39(20-17-33(36)9-1)53-43-13-5-7-15-45(43)54(46-16-8-6-14-44(46)53)40-22-25-42-49-31-38(24-27-50(49)57-52(42)32-40)37-19-18-35-21-26-47-55-41-12-4-3-10-34(41)23-28-51(55)58-56(47)48(35)30-37/h1-32H. The number of rotatable bonds is 3. The summed E-state index contributed by atoms with van der Waals surface area (Å²) in [6, 6.07) is 72.7. The molecule has 0 N–H and O–H groups in total. The molecule has 13 rings (SSSR count). The zero-order valence-electron chi connectivity index (χ0n) is 31.3. The Morgan fingerprint density at radius 3 is 1.50 bits per heavy atom. The molecular formula is C56H32S2. The molecular weight excluding hydrogens is 737 g/mol. The van der Waals surface area contributed by atoms with E-state index < -0.39 is 0 Å². The first-order valence-electron chi connectivity index (χ1n) is 19.9. The van der Waals surface area contributed by atoms with E-state index in [0.717, 1.165) is 0 Å². The van der Waals surface area contributed by atoms with Gasteiger partial charge in [-0.15, -0.1) is 22.7 Å². The predicted octanol–water partition coefficient (Wildman–Crippen LogP) is 17.2. The molecule has 0 aliphatic rings. The Morgan fingerprint density at radius 2 is 0.741 bits per heavy atom. The molecule has 0 saturated heterocycles. The van der Waals surface area contributed by atoms with Crippen molar-refractivity contribution >= 4 is 117 Å². The van der Waals surface area contributed by atoms with Gasteiger partial charge in [0.15, 0.2) is 0 Å². The van der Waals surface area contributed by atoms with Gasteiger partial charge in [0.25, 0.3) is 0 Å². The van der Waals surface area contributed by atoms with E-state index in [1.165, 1.54) is 128 Å². The molecule has 58 heavy (non-hydrogen) atoms. The van der Waals surface area contributed by atoms with Gasteiger partial charge in [-0.1, -0.05) is 158 Å². The quantitative estimate of drug-likeness (QED) is 0.157. The number of fused-ring (bicyclic) bond motifs is 13. The van der Waals surface area contributed by atoms with E-state index in [1.807, 2.05) is 22.7 Å². The van der Waals surface area contributed by atoms with Gasteiger partial charge in [-0.25, -0.2) is 0 Å². The van der Waals surface area contributed by atoms with Gasteiger partial charge in [-0.2, -0.15) is 0 Å². The fraction of sp³-hybridized carbons (Fsp3) is 0. The molecule has 0 nitrogen and oxygen atoms in total. The lowest BCUT2D eigenvalue weighted by Crippen LogP contribution is -1.90. The average Bonchev–Trinajstić information content (AvgIpc) is 3.86. The molecule has 2 heterocycles. The molecule has 0 radical (unpaired) electrons. The fourth-order valence-corrected chi connectivity index (χ4v) is 12.1. The molecule has 0 saturated carbocycles. The number of hydrogen-bond acceptors (Lipinski definition) is 2. The van der Waals surface area contributed by atoms with E-state index in [-0.39, 0.29) is 0 Å². The van der Waals surface area contributed by atoms with Gasteiger partial charge in [0.2, 0.25) is 0 Å². The van der Waals surface area contributed by atoms with Crippen LogP contribution in [0.25, 0.3) is 128 Å². The smallest absolute Gasteiger partial charge is 0.0434 e. The lowest BCUT2D eigenvalue weighted by atomic mass is 9.85. The highest BCUT2D eigenvalue weighted by Crippen LogP contribution is 2.47. The monoisotopic (exact) mass is 768 g/mol. The first-order valence-corrected chi connectivity index (χ1v) is 21.5. The van der Waals surface area contributed by atoms with Crippen molar-refractivity contribution in [2.24, 2.45) is 0 Å². The SMILES string of the molecule is c1ccc2cc(-c3c4ccccc4c(-c4ccc5c(c4)sc4ccc(-c6ccc7ccc8c(sc9ccc%10ccccc%10c98)c7c6)cc45)c4ccccc34)ccc2c1. The second-order valence-corrected chi connectivity index (χ2v) is 17.7. The Hall–Kier alpha value is -6.84. The minimum absolute atomic E-state index is 1.25. The zero-order chi connectivity index (χ0) is 37.9. The Labute approximate surface area is 342 Å². The predicted molar refractivity (Wildman–Crippen MR) is 256 cm³/mol. The van der Waals surface area contributed by atoms with Crippen LogP contribution in [0.1, 0.15) is 0 Å². The van der Waals surface area contributed by atoms with Crippen LogP contribution < -0.4 is 0 Å². The van der Waals surface area contributed by atoms with Crippen LogP contribution in [0, 0.1) is 0 Å². The largest absolute Gasteiger partial charge is 0.135 e.